The van der Waals surface area contributed by atoms with Crippen LogP contribution in [0.1, 0.15) is 115 Å². The third kappa shape index (κ3) is 6.77. The molecule has 5 fully saturated rings. The number of hydrogen-bond donors (Lipinski definition) is 1. The van der Waals surface area contributed by atoms with E-state index in [1.807, 2.05) is 0 Å². The lowest BCUT2D eigenvalue weighted by Crippen LogP contribution is -2.70. The van der Waals surface area contributed by atoms with E-state index in [0.717, 1.165) is 35.2 Å². The van der Waals surface area contributed by atoms with Crippen LogP contribution < -0.4 is 10.4 Å². The van der Waals surface area contributed by atoms with Gasteiger partial charge in [0.25, 0.3) is 8.32 Å². The summed E-state index contributed by atoms with van der Waals surface area (Å²) in [5.41, 5.74) is -2.30. The lowest BCUT2D eigenvalue weighted by atomic mass is 9.44. The Morgan fingerprint density at radius 3 is 2.05 bits per heavy atom. The number of hydrogen-bond acceptors (Lipinski definition) is 8. The second-order valence-electron chi connectivity index (χ2n) is 23.4. The standard InChI is InChI=1S/C51H73BrO8Si2/c1-32-50(55)43(28-39-37-25-24-34-26-41(54)40(52)29-48(34,10)38(37)27-42(49(39,50)11)57-33(2)53)58-51(32)44(30-47(9,60-51)31-56-61(12,13)45(3,4)5)59-62(46(6,7)8,35-20-16-14-17-21-35)36-22-18-15-19-23-36/h14-23,28,32,34,37-38,40,42-44,55H,24-27,29-31H2,1-13H3/t32-,34-,37+,38-,40+,42+,43-,44+,47-,48-,49+,50+,51-/m0/s1. The number of rotatable bonds is 8. The molecule has 0 bridgehead atoms. The third-order valence-electron chi connectivity index (χ3n) is 17.9. The molecule has 11 heteroatoms. The summed E-state index contributed by atoms with van der Waals surface area (Å²) < 4.78 is 36.7. The van der Waals surface area contributed by atoms with Crippen molar-refractivity contribution in [1.82, 2.24) is 0 Å². The first-order chi connectivity index (χ1) is 28.7. The quantitative estimate of drug-likeness (QED) is 0.121. The van der Waals surface area contributed by atoms with Crippen LogP contribution in [-0.4, -0.2) is 80.2 Å². The van der Waals surface area contributed by atoms with Gasteiger partial charge in [0, 0.05) is 25.7 Å². The van der Waals surface area contributed by atoms with E-state index in [4.69, 9.17) is 23.1 Å². The first-order valence-corrected chi connectivity index (χ1v) is 29.0. The van der Waals surface area contributed by atoms with Crippen LogP contribution in [0.25, 0.3) is 0 Å². The highest BCUT2D eigenvalue weighted by atomic mass is 79.9. The van der Waals surface area contributed by atoms with E-state index in [1.165, 1.54) is 6.92 Å². The first kappa shape index (κ1) is 46.6. The molecule has 2 aromatic carbocycles. The van der Waals surface area contributed by atoms with E-state index in [1.54, 1.807) is 0 Å². The molecular weight excluding hydrogens is 877 g/mol. The Morgan fingerprint density at radius 1 is 0.903 bits per heavy atom. The van der Waals surface area contributed by atoms with Gasteiger partial charge in [-0.05, 0) is 96.2 Å². The zero-order valence-corrected chi connectivity index (χ0v) is 43.2. The molecule has 62 heavy (non-hydrogen) atoms. The van der Waals surface area contributed by atoms with Gasteiger partial charge in [-0.15, -0.1) is 0 Å². The largest absolute Gasteiger partial charge is 0.462 e. The Labute approximate surface area is 382 Å². The molecule has 2 heterocycles. The molecule has 2 aliphatic heterocycles. The van der Waals surface area contributed by atoms with Crippen molar-refractivity contribution >= 4 is 54.7 Å². The topological polar surface area (TPSA) is 101 Å². The molecule has 0 amide bonds. The lowest BCUT2D eigenvalue weighted by Gasteiger charge is -2.62. The molecule has 3 saturated carbocycles. The number of ether oxygens (including phenoxy) is 3. The van der Waals surface area contributed by atoms with Crippen LogP contribution in [0.15, 0.2) is 72.3 Å². The van der Waals surface area contributed by atoms with Gasteiger partial charge in [0.2, 0.25) is 5.79 Å². The average Bonchev–Trinajstić information content (AvgIpc) is 3.69. The maximum absolute atomic E-state index is 14.0. The van der Waals surface area contributed by atoms with Gasteiger partial charge in [-0.3, -0.25) is 9.59 Å². The van der Waals surface area contributed by atoms with Crippen LogP contribution in [0.5, 0.6) is 0 Å². The number of esters is 1. The van der Waals surface area contributed by atoms with Crippen molar-refractivity contribution < 1.29 is 37.8 Å². The fourth-order valence-electron chi connectivity index (χ4n) is 13.4. The number of Topliss-reactive ketones (excluding diaryl/α,β-unsaturated/α-hetero) is 1. The summed E-state index contributed by atoms with van der Waals surface area (Å²) in [6, 6.07) is 21.4. The fraction of sp³-hybridized carbons (Fsp3) is 0.686. The Morgan fingerprint density at radius 2 is 1.50 bits per heavy atom. The smallest absolute Gasteiger partial charge is 0.302 e. The summed E-state index contributed by atoms with van der Waals surface area (Å²) in [5, 5.41) is 16.0. The SMILES string of the molecule is CC(=O)O[C@@H]1C[C@H]2[C@@H](CC[C@H]3CC(=O)[C@H](Br)C[C@@]32C)C2=C[C@@H]3O[C@]4(O[C@](C)(CO[Si](C)(C)C(C)(C)C)C[C@H]4O[Si](c4ccccc4)(c4ccccc4)C(C)(C)C)[C@@H](C)[C@]3(O)[C@]21C. The molecule has 0 unspecified atom stereocenters. The first-order valence-electron chi connectivity index (χ1n) is 23.3. The lowest BCUT2D eigenvalue weighted by molar-refractivity contribution is -0.277. The second kappa shape index (κ2) is 15.3. The van der Waals surface area contributed by atoms with Gasteiger partial charge in [0.05, 0.1) is 22.5 Å². The number of carbonyl (C=O) groups excluding carboxylic acids is 2. The van der Waals surface area contributed by atoms with Crippen molar-refractivity contribution in [3.63, 3.8) is 0 Å². The molecule has 340 valence electrons. The van der Waals surface area contributed by atoms with E-state index in [2.05, 4.69) is 165 Å². The molecule has 2 aromatic rings. The van der Waals surface area contributed by atoms with Gasteiger partial charge in [0.15, 0.2) is 8.32 Å². The Hall–Kier alpha value is -1.97. The average molecular weight is 950 g/mol. The van der Waals surface area contributed by atoms with Crippen LogP contribution in [0.4, 0.5) is 0 Å². The third-order valence-corrected chi connectivity index (χ3v) is 28.2. The van der Waals surface area contributed by atoms with Gasteiger partial charge >= 0.3 is 5.97 Å². The number of aliphatic hydroxyl groups is 1. The molecule has 1 N–H and O–H groups in total. The predicted molar refractivity (Wildman–Crippen MR) is 253 cm³/mol. The summed E-state index contributed by atoms with van der Waals surface area (Å²) in [6.45, 7) is 28.7. The Bertz CT molecular complexity index is 2040. The summed E-state index contributed by atoms with van der Waals surface area (Å²) in [7, 11) is -5.40. The van der Waals surface area contributed by atoms with Crippen molar-refractivity contribution in [3.05, 3.63) is 72.3 Å². The number of alkyl halides is 1. The zero-order valence-electron chi connectivity index (χ0n) is 39.6. The van der Waals surface area contributed by atoms with Crippen molar-refractivity contribution in [2.45, 2.75) is 178 Å². The van der Waals surface area contributed by atoms with Crippen molar-refractivity contribution in [2.24, 2.45) is 34.5 Å². The minimum absolute atomic E-state index is 0.00700. The monoisotopic (exact) mass is 948 g/mol. The van der Waals surface area contributed by atoms with Crippen LogP contribution in [0, 0.1) is 34.5 Å². The van der Waals surface area contributed by atoms with Gasteiger partial charge in [0.1, 0.15) is 29.7 Å². The molecule has 4 aliphatic carbocycles. The van der Waals surface area contributed by atoms with E-state index in [9.17, 15) is 14.7 Å². The van der Waals surface area contributed by atoms with Crippen LogP contribution >= 0.6 is 15.9 Å². The fourth-order valence-corrected chi connectivity index (χ4v) is 20.0. The highest BCUT2D eigenvalue weighted by molar-refractivity contribution is 9.10. The molecular formula is C51H73BrO8Si2. The van der Waals surface area contributed by atoms with Crippen LogP contribution in [0.2, 0.25) is 23.2 Å². The highest BCUT2D eigenvalue weighted by Gasteiger charge is 2.80. The number of fused-ring (bicyclic) bond motifs is 7. The Balaban J connectivity index is 1.27. The molecule has 1 spiro atoms. The van der Waals surface area contributed by atoms with Crippen molar-refractivity contribution in [1.29, 1.82) is 0 Å². The normalized spacial score (nSPS) is 40.7. The van der Waals surface area contributed by atoms with Gasteiger partial charge < -0.3 is 28.2 Å². The van der Waals surface area contributed by atoms with Gasteiger partial charge in [-0.25, -0.2) is 0 Å². The number of ketones is 1. The second-order valence-corrected chi connectivity index (χ2v) is 33.5. The molecule has 8 rings (SSSR count). The van der Waals surface area contributed by atoms with Crippen LogP contribution in [-0.2, 0) is 32.7 Å². The molecule has 0 aromatic heterocycles. The van der Waals surface area contributed by atoms with Gasteiger partial charge in [-0.2, -0.15) is 0 Å². The van der Waals surface area contributed by atoms with Crippen LogP contribution in [0.3, 0.4) is 0 Å². The summed E-state index contributed by atoms with van der Waals surface area (Å²) in [4.78, 5) is 26.1. The highest BCUT2D eigenvalue weighted by Crippen LogP contribution is 2.72. The van der Waals surface area contributed by atoms with E-state index in [0.29, 0.717) is 25.9 Å². The number of carbonyl (C=O) groups is 2. The molecule has 6 aliphatic rings. The summed E-state index contributed by atoms with van der Waals surface area (Å²) in [5.74, 6) is -1.47. The predicted octanol–water partition coefficient (Wildman–Crippen LogP) is 9.65. The summed E-state index contributed by atoms with van der Waals surface area (Å²) in [6.07, 6.45) is 4.54. The van der Waals surface area contributed by atoms with Gasteiger partial charge in [-0.1, -0.05) is 144 Å². The summed E-state index contributed by atoms with van der Waals surface area (Å²) >= 11 is 3.75. The maximum Gasteiger partial charge on any atom is 0.302 e. The van der Waals surface area contributed by atoms with E-state index < -0.39 is 63.3 Å². The maximum atomic E-state index is 14.0. The molecule has 2 saturated heterocycles. The molecule has 8 nitrogen and oxygen atoms in total. The van der Waals surface area contributed by atoms with Crippen molar-refractivity contribution in [3.8, 4) is 0 Å². The van der Waals surface area contributed by atoms with Crippen molar-refractivity contribution in [2.75, 3.05) is 6.61 Å². The minimum atomic E-state index is -3.18. The zero-order chi connectivity index (χ0) is 45.3. The molecule has 13 atom stereocenters. The Kier molecular flexibility index (Phi) is 11.5. The molecule has 0 radical (unpaired) electrons. The number of halogens is 1. The van der Waals surface area contributed by atoms with E-state index >= 15 is 0 Å². The van der Waals surface area contributed by atoms with E-state index in [-0.39, 0.29) is 49.8 Å². The minimum Gasteiger partial charge on any atom is -0.462 e. The number of benzene rings is 2.